The van der Waals surface area contributed by atoms with Gasteiger partial charge >= 0.3 is 0 Å². The maximum absolute atomic E-state index is 5.48. The van der Waals surface area contributed by atoms with Crippen LogP contribution in [0.25, 0.3) is 6.08 Å². The van der Waals surface area contributed by atoms with Crippen molar-refractivity contribution >= 4 is 18.0 Å². The van der Waals surface area contributed by atoms with E-state index in [1.54, 1.807) is 16.7 Å². The molecule has 0 saturated carbocycles. The molecule has 0 bridgehead atoms. The molecule has 5 unspecified atom stereocenters. The van der Waals surface area contributed by atoms with Gasteiger partial charge in [-0.25, -0.2) is 0 Å². The number of aliphatic imine (C=N–C) groups is 1. The molecule has 1 spiro atoms. The van der Waals surface area contributed by atoms with Gasteiger partial charge in [0.15, 0.2) is 6.21 Å². The minimum atomic E-state index is -0.187. The summed E-state index contributed by atoms with van der Waals surface area (Å²) < 4.78 is 2.67. The average Bonchev–Trinajstić information content (AvgIpc) is 3.23. The average molecular weight is 742 g/mol. The first kappa shape index (κ1) is 35.9. The van der Waals surface area contributed by atoms with Gasteiger partial charge in [0, 0.05) is 41.1 Å². The van der Waals surface area contributed by atoms with Crippen molar-refractivity contribution in [3.05, 3.63) is 148 Å². The SMILES string of the molecule is CCCCC1CC2=C(NC34CCC=CC3(C2)CC2=C(C3=NC=CCC35C=CC(=Cc3ccccc3)CC5C2)N4CCCC)C2=C1CCC[N+]2=Cc1ccccc1. The quantitative estimate of drug-likeness (QED) is 0.216. The van der Waals surface area contributed by atoms with Crippen LogP contribution in [0.5, 0.6) is 0 Å². The zero-order chi connectivity index (χ0) is 37.7. The van der Waals surface area contributed by atoms with Crippen molar-refractivity contribution in [2.75, 3.05) is 13.1 Å². The normalized spacial score (nSPS) is 32.9. The summed E-state index contributed by atoms with van der Waals surface area (Å²) in [4.78, 5) is 8.44. The molecular formula is C52H61N4+. The molecule has 288 valence electrons. The Kier molecular flexibility index (Phi) is 9.30. The summed E-state index contributed by atoms with van der Waals surface area (Å²) in [6.07, 6.45) is 37.5. The Morgan fingerprint density at radius 1 is 0.893 bits per heavy atom. The van der Waals surface area contributed by atoms with Gasteiger partial charge in [-0.05, 0) is 117 Å². The standard InChI is InChI=1S/C52H61N4/c1-3-5-21-41-33-42-35-50-24-13-14-26-52(50,54-46(42)48-45(41)22-15-29-55(48)37-39-19-11-8-12-20-39)56(30-6-4-2)47-43(36-50)34-44-32-40(31-38-17-9-7-10-18-38)23-27-51(44)25-16-28-53-49(47)51/h7-13,16-20,23-24,27-28,31,37,41,44,54H,3-6,14-15,21-22,25-26,29-30,32-36H2,1-2H3/q+1. The lowest BCUT2D eigenvalue weighted by Crippen LogP contribution is -2.73. The lowest BCUT2D eigenvalue weighted by atomic mass is 9.51. The smallest absolute Gasteiger partial charge is 0.228 e. The van der Waals surface area contributed by atoms with Gasteiger partial charge in [-0.2, -0.15) is 4.58 Å². The third kappa shape index (κ3) is 5.75. The number of allylic oxidation sites excluding steroid dienone is 9. The van der Waals surface area contributed by atoms with E-state index in [2.05, 4.69) is 138 Å². The van der Waals surface area contributed by atoms with Crippen molar-refractivity contribution in [3.8, 4) is 0 Å². The molecule has 4 heteroatoms. The van der Waals surface area contributed by atoms with E-state index in [0.29, 0.717) is 11.8 Å². The fourth-order valence-corrected chi connectivity index (χ4v) is 12.5. The fourth-order valence-electron chi connectivity index (χ4n) is 12.5. The van der Waals surface area contributed by atoms with Crippen LogP contribution in [-0.2, 0) is 0 Å². The summed E-state index contributed by atoms with van der Waals surface area (Å²) in [5, 5.41) is 4.65. The molecule has 0 radical (unpaired) electrons. The van der Waals surface area contributed by atoms with Crippen LogP contribution in [0.3, 0.4) is 0 Å². The van der Waals surface area contributed by atoms with Gasteiger partial charge in [0.2, 0.25) is 5.70 Å². The molecule has 0 saturated heterocycles. The predicted molar refractivity (Wildman–Crippen MR) is 232 cm³/mol. The number of rotatable bonds is 8. The van der Waals surface area contributed by atoms with Crippen LogP contribution < -0.4 is 5.32 Å². The van der Waals surface area contributed by atoms with Crippen molar-refractivity contribution in [1.82, 2.24) is 10.2 Å². The van der Waals surface area contributed by atoms with Crippen LogP contribution >= 0.6 is 0 Å². The second kappa shape index (κ2) is 14.5. The second-order valence-electron chi connectivity index (χ2n) is 18.3. The summed E-state index contributed by atoms with van der Waals surface area (Å²) in [5.74, 6) is 1.16. The molecule has 4 nitrogen and oxygen atoms in total. The first-order valence-corrected chi connectivity index (χ1v) is 22.3. The number of nitrogens with zero attached hydrogens (tertiary/aromatic N) is 3. The highest BCUT2D eigenvalue weighted by Crippen LogP contribution is 2.64. The van der Waals surface area contributed by atoms with Gasteiger partial charge in [-0.3, -0.25) is 4.99 Å². The minimum absolute atomic E-state index is 0.0188. The number of hydrogen-bond acceptors (Lipinski definition) is 3. The van der Waals surface area contributed by atoms with Crippen LogP contribution in [0.1, 0.15) is 121 Å². The highest BCUT2D eigenvalue weighted by Gasteiger charge is 2.64. The lowest BCUT2D eigenvalue weighted by molar-refractivity contribution is -0.476. The number of fused-ring (bicyclic) bond motifs is 2. The van der Waals surface area contributed by atoms with Crippen molar-refractivity contribution in [2.24, 2.45) is 27.7 Å². The van der Waals surface area contributed by atoms with Crippen LogP contribution in [0, 0.1) is 22.7 Å². The zero-order valence-corrected chi connectivity index (χ0v) is 33.9. The number of unbranched alkanes of at least 4 members (excludes halogenated alkanes) is 2. The summed E-state index contributed by atoms with van der Waals surface area (Å²) in [6, 6.07) is 22.0. The van der Waals surface area contributed by atoms with Gasteiger partial charge in [-0.1, -0.05) is 118 Å². The Morgan fingerprint density at radius 2 is 1.70 bits per heavy atom. The third-order valence-corrected chi connectivity index (χ3v) is 15.0. The molecule has 0 aromatic heterocycles. The van der Waals surface area contributed by atoms with E-state index in [1.807, 2.05) is 0 Å². The largest absolute Gasteiger partial charge is 0.357 e. The number of nitrogens with one attached hydrogen (secondary N) is 1. The Bertz CT molecular complexity index is 2160. The Hall–Kier alpha value is -4.44. The summed E-state index contributed by atoms with van der Waals surface area (Å²) in [7, 11) is 0. The molecule has 4 aliphatic heterocycles. The molecule has 2 aromatic rings. The molecular weight excluding hydrogens is 681 g/mol. The fraction of sp³-hybridized carbons (Fsp3) is 0.462. The number of hydrogen-bond donors (Lipinski definition) is 1. The first-order chi connectivity index (χ1) is 27.6. The van der Waals surface area contributed by atoms with Crippen LogP contribution in [0.15, 0.2) is 142 Å². The van der Waals surface area contributed by atoms with Crippen molar-refractivity contribution in [3.63, 3.8) is 0 Å². The monoisotopic (exact) mass is 741 g/mol. The molecule has 56 heavy (non-hydrogen) atoms. The van der Waals surface area contributed by atoms with Gasteiger partial charge in [0.25, 0.3) is 0 Å². The first-order valence-electron chi connectivity index (χ1n) is 22.3. The molecule has 10 rings (SSSR count). The van der Waals surface area contributed by atoms with Gasteiger partial charge < -0.3 is 10.2 Å². The molecule has 8 aliphatic rings. The topological polar surface area (TPSA) is 30.6 Å². The van der Waals surface area contributed by atoms with Gasteiger partial charge in [0.05, 0.1) is 11.4 Å². The van der Waals surface area contributed by atoms with Crippen molar-refractivity contribution in [1.29, 1.82) is 0 Å². The Labute approximate surface area is 336 Å². The molecule has 0 fully saturated rings. The van der Waals surface area contributed by atoms with E-state index in [-0.39, 0.29) is 16.5 Å². The maximum atomic E-state index is 5.48. The van der Waals surface area contributed by atoms with E-state index in [0.717, 1.165) is 58.0 Å². The molecule has 2 aromatic carbocycles. The van der Waals surface area contributed by atoms with E-state index in [1.165, 1.54) is 90.9 Å². The maximum Gasteiger partial charge on any atom is 0.228 e. The van der Waals surface area contributed by atoms with Gasteiger partial charge in [0.1, 0.15) is 17.9 Å². The van der Waals surface area contributed by atoms with Crippen molar-refractivity contribution < 1.29 is 4.58 Å². The molecule has 4 heterocycles. The third-order valence-electron chi connectivity index (χ3n) is 15.0. The van der Waals surface area contributed by atoms with Crippen LogP contribution in [0.4, 0.5) is 0 Å². The van der Waals surface area contributed by atoms with Crippen LogP contribution in [-0.4, -0.2) is 40.2 Å². The van der Waals surface area contributed by atoms with E-state index in [4.69, 9.17) is 4.99 Å². The number of benzene rings is 2. The minimum Gasteiger partial charge on any atom is -0.357 e. The predicted octanol–water partition coefficient (Wildman–Crippen LogP) is 11.8. The van der Waals surface area contributed by atoms with E-state index < -0.39 is 0 Å². The van der Waals surface area contributed by atoms with Crippen molar-refractivity contribution in [2.45, 2.75) is 116 Å². The van der Waals surface area contributed by atoms with Gasteiger partial charge in [-0.15, -0.1) is 0 Å². The Balaban J connectivity index is 1.11. The highest BCUT2D eigenvalue weighted by molar-refractivity contribution is 6.08. The summed E-state index contributed by atoms with van der Waals surface area (Å²) in [5.41, 5.74) is 14.8. The molecule has 5 atom stereocenters. The van der Waals surface area contributed by atoms with E-state index in [9.17, 15) is 0 Å². The second-order valence-corrected chi connectivity index (χ2v) is 18.3. The Morgan fingerprint density at radius 3 is 2.52 bits per heavy atom. The molecule has 0 amide bonds. The molecule has 4 aliphatic carbocycles. The highest BCUT2D eigenvalue weighted by atomic mass is 15.4. The summed E-state index contributed by atoms with van der Waals surface area (Å²) >= 11 is 0. The summed E-state index contributed by atoms with van der Waals surface area (Å²) in [6.45, 7) is 6.89. The van der Waals surface area contributed by atoms with Crippen LogP contribution in [0.2, 0.25) is 0 Å². The van der Waals surface area contributed by atoms with E-state index >= 15 is 0 Å². The zero-order valence-electron chi connectivity index (χ0n) is 33.9. The molecule has 1 N–H and O–H groups in total. The lowest BCUT2D eigenvalue weighted by Gasteiger charge is -2.66.